The van der Waals surface area contributed by atoms with E-state index in [9.17, 15) is 18.8 Å². The number of carbonyl (C=O) groups is 3. The number of nitrogens with zero attached hydrogens (tertiary/aromatic N) is 1. The van der Waals surface area contributed by atoms with Crippen LogP contribution in [0.2, 0.25) is 0 Å². The molecular weight excluding hydrogens is 417 g/mol. The van der Waals surface area contributed by atoms with Gasteiger partial charge in [0.1, 0.15) is 5.82 Å². The van der Waals surface area contributed by atoms with E-state index in [2.05, 4.69) is 0 Å². The monoisotopic (exact) mass is 437 g/mol. The molecular formula is C25H21ClFNO3. The minimum Gasteiger partial charge on any atom is -0.307 e. The lowest BCUT2D eigenvalue weighted by Crippen LogP contribution is -2.65. The zero-order valence-corrected chi connectivity index (χ0v) is 17.5. The van der Waals surface area contributed by atoms with E-state index in [1.54, 1.807) is 6.08 Å². The van der Waals surface area contributed by atoms with Gasteiger partial charge < -0.3 is 4.90 Å². The Morgan fingerprint density at radius 3 is 2.39 bits per heavy atom. The number of allylic oxidation sites excluding steroid dienone is 3. The Balaban J connectivity index is 1.56. The average Bonchev–Trinajstić information content (AvgIpc) is 2.74. The second kappa shape index (κ2) is 8.98. The highest BCUT2D eigenvalue weighted by molar-refractivity contribution is 6.63. The molecule has 4 nitrogen and oxygen atoms in total. The maximum atomic E-state index is 13.4. The zero-order valence-electron chi connectivity index (χ0n) is 16.7. The van der Waals surface area contributed by atoms with E-state index in [0.717, 1.165) is 11.1 Å². The summed E-state index contributed by atoms with van der Waals surface area (Å²) in [7, 11) is 0. The molecule has 31 heavy (non-hydrogen) atoms. The summed E-state index contributed by atoms with van der Waals surface area (Å²) in [6, 6.07) is 15.0. The van der Waals surface area contributed by atoms with Crippen molar-refractivity contribution in [2.75, 3.05) is 4.90 Å². The summed E-state index contributed by atoms with van der Waals surface area (Å²) in [5, 5.41) is -0.512. The van der Waals surface area contributed by atoms with Gasteiger partial charge in [0.25, 0.3) is 0 Å². The van der Waals surface area contributed by atoms with Crippen LogP contribution in [0.25, 0.3) is 0 Å². The van der Waals surface area contributed by atoms with Crippen molar-refractivity contribution in [2.24, 2.45) is 11.8 Å². The number of anilines is 1. The van der Waals surface area contributed by atoms with Gasteiger partial charge in [-0.05, 0) is 65.9 Å². The van der Waals surface area contributed by atoms with Crippen LogP contribution in [0.1, 0.15) is 18.4 Å². The molecule has 1 amide bonds. The highest BCUT2D eigenvalue weighted by Gasteiger charge is 2.52. The van der Waals surface area contributed by atoms with Crippen molar-refractivity contribution in [3.05, 3.63) is 89.8 Å². The van der Waals surface area contributed by atoms with Crippen LogP contribution in [0.3, 0.4) is 0 Å². The van der Waals surface area contributed by atoms with Crippen molar-refractivity contribution < 1.29 is 18.8 Å². The third kappa shape index (κ3) is 4.52. The van der Waals surface area contributed by atoms with Crippen LogP contribution in [0.4, 0.5) is 10.1 Å². The van der Waals surface area contributed by atoms with E-state index < -0.39 is 28.9 Å². The fourth-order valence-corrected chi connectivity index (χ4v) is 4.43. The van der Waals surface area contributed by atoms with E-state index in [0.29, 0.717) is 12.1 Å². The molecule has 1 saturated heterocycles. The first kappa shape index (κ1) is 21.2. The number of carbonyl (C=O) groups excluding carboxylic acids is 3. The van der Waals surface area contributed by atoms with E-state index in [1.165, 1.54) is 29.2 Å². The molecule has 3 atom stereocenters. The van der Waals surface area contributed by atoms with Gasteiger partial charge in [0.2, 0.25) is 11.1 Å². The molecule has 0 saturated carbocycles. The molecule has 1 aliphatic heterocycles. The first-order chi connectivity index (χ1) is 14.9. The lowest BCUT2D eigenvalue weighted by Gasteiger charge is -2.50. The Kier molecular flexibility index (Phi) is 6.14. The van der Waals surface area contributed by atoms with Gasteiger partial charge in [-0.15, -0.1) is 0 Å². The maximum Gasteiger partial charge on any atom is 0.232 e. The summed E-state index contributed by atoms with van der Waals surface area (Å²) in [6.45, 7) is 0. The highest BCUT2D eigenvalue weighted by atomic mass is 35.5. The van der Waals surface area contributed by atoms with E-state index in [4.69, 9.17) is 11.6 Å². The van der Waals surface area contributed by atoms with Crippen LogP contribution >= 0.6 is 11.6 Å². The highest BCUT2D eigenvalue weighted by Crippen LogP contribution is 2.41. The molecule has 0 bridgehead atoms. The van der Waals surface area contributed by atoms with Crippen LogP contribution in [0.5, 0.6) is 0 Å². The number of benzene rings is 2. The predicted octanol–water partition coefficient (Wildman–Crippen LogP) is 4.63. The molecule has 0 aromatic heterocycles. The normalized spacial score (nSPS) is 22.8. The summed E-state index contributed by atoms with van der Waals surface area (Å²) in [5.41, 5.74) is 2.54. The summed E-state index contributed by atoms with van der Waals surface area (Å²) in [4.78, 5) is 38.7. The van der Waals surface area contributed by atoms with Gasteiger partial charge in [-0.25, -0.2) is 4.39 Å². The smallest absolute Gasteiger partial charge is 0.232 e. The average molecular weight is 438 g/mol. The van der Waals surface area contributed by atoms with Crippen molar-refractivity contribution in [1.82, 2.24) is 0 Å². The molecule has 4 rings (SSSR count). The SMILES string of the molecule is O=C(Cl)CCC1C(=O)N(c2ccc(F)cc2)C1C1C=CC(Cc2ccccc2)=CC1=O. The van der Waals surface area contributed by atoms with Crippen molar-refractivity contribution in [1.29, 1.82) is 0 Å². The second-order valence-electron chi connectivity index (χ2n) is 7.84. The number of hydrogen-bond donors (Lipinski definition) is 0. The van der Waals surface area contributed by atoms with Gasteiger partial charge >= 0.3 is 0 Å². The number of halogens is 2. The minimum atomic E-state index is -0.530. The van der Waals surface area contributed by atoms with Crippen LogP contribution in [-0.2, 0) is 20.8 Å². The van der Waals surface area contributed by atoms with Crippen LogP contribution < -0.4 is 4.90 Å². The van der Waals surface area contributed by atoms with Gasteiger partial charge in [0, 0.05) is 12.1 Å². The first-order valence-electron chi connectivity index (χ1n) is 10.2. The predicted molar refractivity (Wildman–Crippen MR) is 117 cm³/mol. The summed E-state index contributed by atoms with van der Waals surface area (Å²) >= 11 is 5.48. The molecule has 1 aliphatic carbocycles. The van der Waals surface area contributed by atoms with Gasteiger partial charge in [-0.2, -0.15) is 0 Å². The van der Waals surface area contributed by atoms with E-state index >= 15 is 0 Å². The Morgan fingerprint density at radius 1 is 1.03 bits per heavy atom. The standard InChI is InChI=1S/C25H21ClFNO3/c26-23(30)13-12-21-24(28(25(21)31)19-9-7-18(27)8-10-19)20-11-6-17(15-22(20)29)14-16-4-2-1-3-5-16/h1-11,15,20-21,24H,12-14H2. The maximum absolute atomic E-state index is 13.4. The number of ketones is 1. The van der Waals surface area contributed by atoms with Crippen molar-refractivity contribution >= 4 is 34.2 Å². The molecule has 1 fully saturated rings. The molecule has 0 radical (unpaired) electrons. The number of rotatable bonds is 7. The van der Waals surface area contributed by atoms with Crippen molar-refractivity contribution in [3.63, 3.8) is 0 Å². The Labute approximate surface area is 185 Å². The molecule has 2 aliphatic rings. The number of amides is 1. The number of β-lactam (4-membered cyclic amide) rings is 1. The topological polar surface area (TPSA) is 54.5 Å². The molecule has 2 aromatic carbocycles. The summed E-state index contributed by atoms with van der Waals surface area (Å²) in [5.74, 6) is -1.69. The third-order valence-electron chi connectivity index (χ3n) is 5.81. The van der Waals surface area contributed by atoms with Crippen molar-refractivity contribution in [3.8, 4) is 0 Å². The number of hydrogen-bond acceptors (Lipinski definition) is 3. The lowest BCUT2D eigenvalue weighted by molar-refractivity contribution is -0.133. The first-order valence-corrected chi connectivity index (χ1v) is 10.6. The molecule has 3 unspecified atom stereocenters. The Bertz CT molecular complexity index is 1060. The molecule has 1 heterocycles. The van der Waals surface area contributed by atoms with Gasteiger partial charge in [-0.1, -0.05) is 42.5 Å². The largest absolute Gasteiger partial charge is 0.307 e. The second-order valence-corrected chi connectivity index (χ2v) is 8.27. The van der Waals surface area contributed by atoms with Gasteiger partial charge in [-0.3, -0.25) is 14.4 Å². The van der Waals surface area contributed by atoms with Crippen LogP contribution in [-0.4, -0.2) is 23.0 Å². The molecule has 158 valence electrons. The van der Waals surface area contributed by atoms with Crippen molar-refractivity contribution in [2.45, 2.75) is 25.3 Å². The van der Waals surface area contributed by atoms with E-state index in [1.807, 2.05) is 42.5 Å². The van der Waals surface area contributed by atoms with Gasteiger partial charge in [0.15, 0.2) is 5.78 Å². The summed E-state index contributed by atoms with van der Waals surface area (Å²) in [6.07, 6.45) is 6.38. The van der Waals surface area contributed by atoms with E-state index in [-0.39, 0.29) is 24.5 Å². The van der Waals surface area contributed by atoms with Crippen LogP contribution in [0.15, 0.2) is 78.4 Å². The molecule has 2 aromatic rings. The van der Waals surface area contributed by atoms with Gasteiger partial charge in [0.05, 0.1) is 17.9 Å². The molecule has 6 heteroatoms. The Hall–Kier alpha value is -3.05. The fraction of sp³-hybridized carbons (Fsp3) is 0.240. The fourth-order valence-electron chi connectivity index (χ4n) is 4.32. The minimum absolute atomic E-state index is 0.0610. The lowest BCUT2D eigenvalue weighted by atomic mass is 9.72. The third-order valence-corrected chi connectivity index (χ3v) is 6.00. The van der Waals surface area contributed by atoms with Crippen LogP contribution in [0, 0.1) is 17.7 Å². The quantitative estimate of drug-likeness (QED) is 0.469. The summed E-state index contributed by atoms with van der Waals surface area (Å²) < 4.78 is 13.4. The Morgan fingerprint density at radius 2 is 1.74 bits per heavy atom. The molecule has 0 spiro atoms. The zero-order chi connectivity index (χ0) is 22.0. The molecule has 0 N–H and O–H groups in total.